The fourth-order valence-corrected chi connectivity index (χ4v) is 5.84. The van der Waals surface area contributed by atoms with Crippen LogP contribution in [0, 0.1) is 11.3 Å². The summed E-state index contributed by atoms with van der Waals surface area (Å²) in [5, 5.41) is 18.1. The van der Waals surface area contributed by atoms with Crippen LogP contribution in [0.3, 0.4) is 0 Å². The van der Waals surface area contributed by atoms with Gasteiger partial charge in [0, 0.05) is 39.3 Å². The van der Waals surface area contributed by atoms with Gasteiger partial charge in [0.05, 0.1) is 6.07 Å². The first kappa shape index (κ1) is 39.5. The zero-order valence-electron chi connectivity index (χ0n) is 28.0. The number of aromatic nitrogens is 3. The topological polar surface area (TPSA) is 139 Å². The minimum atomic E-state index is -0.756. The Labute approximate surface area is 275 Å². The van der Waals surface area contributed by atoms with E-state index in [1.54, 1.807) is 32.8 Å². The van der Waals surface area contributed by atoms with Crippen LogP contribution >= 0.6 is 23.4 Å². The molecule has 2 fully saturated rings. The number of hydrogen-bond donors (Lipinski definition) is 3. The van der Waals surface area contributed by atoms with Gasteiger partial charge in [-0.2, -0.15) is 20.2 Å². The number of nitrogens with zero attached hydrogens (tertiary/aromatic N) is 6. The Morgan fingerprint density at radius 2 is 1.48 bits per heavy atom. The van der Waals surface area contributed by atoms with E-state index in [9.17, 15) is 9.59 Å². The highest BCUT2D eigenvalue weighted by Gasteiger charge is 2.23. The van der Waals surface area contributed by atoms with Gasteiger partial charge in [-0.05, 0) is 70.7 Å². The average molecular weight is 654 g/mol. The molecule has 0 unspecified atom stereocenters. The molecule has 11 nitrogen and oxygen atoms in total. The van der Waals surface area contributed by atoms with Gasteiger partial charge >= 0.3 is 6.03 Å². The van der Waals surface area contributed by atoms with Crippen molar-refractivity contribution >= 4 is 46.5 Å². The fourth-order valence-electron chi connectivity index (χ4n) is 4.99. The molecule has 0 radical (unpaired) electrons. The van der Waals surface area contributed by atoms with Gasteiger partial charge in [0.15, 0.2) is 0 Å². The van der Waals surface area contributed by atoms with Crippen molar-refractivity contribution in [3.8, 4) is 6.07 Å². The van der Waals surface area contributed by atoms with Crippen LogP contribution in [0.15, 0.2) is 0 Å². The molecule has 1 heterocycles. The van der Waals surface area contributed by atoms with E-state index in [2.05, 4.69) is 48.8 Å². The Hall–Kier alpha value is -2.52. The van der Waals surface area contributed by atoms with Crippen molar-refractivity contribution in [1.82, 2.24) is 30.1 Å². The monoisotopic (exact) mass is 653 g/mol. The lowest BCUT2D eigenvalue weighted by molar-refractivity contribution is 0.182. The molecule has 0 atom stereocenters. The molecule has 0 aliphatic heterocycles. The van der Waals surface area contributed by atoms with E-state index in [0.717, 1.165) is 25.1 Å². The van der Waals surface area contributed by atoms with Gasteiger partial charge in [-0.3, -0.25) is 4.79 Å². The number of rotatable bonds is 8. The van der Waals surface area contributed by atoms with Crippen LogP contribution < -0.4 is 16.0 Å². The van der Waals surface area contributed by atoms with Gasteiger partial charge < -0.3 is 25.8 Å². The maximum Gasteiger partial charge on any atom is 0.317 e. The Kier molecular flexibility index (Phi) is 19.8. The summed E-state index contributed by atoms with van der Waals surface area (Å²) in [6.07, 6.45) is 15.2. The van der Waals surface area contributed by atoms with Gasteiger partial charge in [0.2, 0.25) is 17.2 Å². The predicted octanol–water partition coefficient (Wildman–Crippen LogP) is 7.56. The maximum atomic E-state index is 11.8. The molecule has 0 bridgehead atoms. The Balaban J connectivity index is 0.000000331. The first-order chi connectivity index (χ1) is 21.0. The van der Waals surface area contributed by atoms with Crippen LogP contribution in [0.2, 0.25) is 5.28 Å². The first-order valence-corrected chi connectivity index (χ1v) is 17.6. The number of halogens is 1. The van der Waals surface area contributed by atoms with Crippen LogP contribution in [0.4, 0.5) is 21.5 Å². The Bertz CT molecular complexity index is 1010. The number of amides is 3. The van der Waals surface area contributed by atoms with Crippen LogP contribution in [-0.2, 0) is 0 Å². The zero-order valence-corrected chi connectivity index (χ0v) is 29.6. The molecule has 0 saturated heterocycles. The van der Waals surface area contributed by atoms with Gasteiger partial charge in [0.25, 0.3) is 5.24 Å². The molecule has 3 N–H and O–H groups in total. The third kappa shape index (κ3) is 16.5. The van der Waals surface area contributed by atoms with Crippen molar-refractivity contribution < 1.29 is 9.59 Å². The van der Waals surface area contributed by atoms with Crippen LogP contribution in [0.1, 0.15) is 112 Å². The third-order valence-electron chi connectivity index (χ3n) is 7.34. The van der Waals surface area contributed by atoms with Crippen molar-refractivity contribution in [3.05, 3.63) is 5.28 Å². The summed E-state index contributed by atoms with van der Waals surface area (Å²) in [7, 11) is 3.58. The van der Waals surface area contributed by atoms with E-state index < -0.39 is 5.54 Å². The second-order valence-electron chi connectivity index (χ2n) is 11.8. The highest BCUT2D eigenvalue weighted by atomic mass is 35.5. The summed E-state index contributed by atoms with van der Waals surface area (Å²) in [5.41, 5.74) is -0.756. The van der Waals surface area contributed by atoms with E-state index >= 15 is 0 Å². The number of hydrogen-bond acceptors (Lipinski definition) is 9. The van der Waals surface area contributed by atoms with Gasteiger partial charge in [-0.15, -0.1) is 0 Å². The minimum Gasteiger partial charge on any atom is -0.354 e. The lowest BCUT2D eigenvalue weighted by Gasteiger charge is -2.33. The summed E-state index contributed by atoms with van der Waals surface area (Å²) in [4.78, 5) is 38.7. The highest BCUT2D eigenvalue weighted by molar-refractivity contribution is 8.13. The lowest BCUT2D eigenvalue weighted by atomic mass is 9.94. The number of anilines is 2. The van der Waals surface area contributed by atoms with E-state index in [4.69, 9.17) is 16.9 Å². The number of nitriles is 1. The van der Waals surface area contributed by atoms with Crippen molar-refractivity contribution in [1.29, 1.82) is 5.26 Å². The van der Waals surface area contributed by atoms with Crippen LogP contribution in [0.5, 0.6) is 0 Å². The summed E-state index contributed by atoms with van der Waals surface area (Å²) < 4.78 is 0. The number of nitrogens with one attached hydrogen (secondary N) is 3. The zero-order chi connectivity index (χ0) is 33.0. The maximum absolute atomic E-state index is 11.8. The molecular weight excluding hydrogens is 598 g/mol. The van der Waals surface area contributed by atoms with Crippen LogP contribution in [-0.4, -0.2) is 86.6 Å². The summed E-state index contributed by atoms with van der Waals surface area (Å²) in [6, 6.07) is 3.07. The smallest absolute Gasteiger partial charge is 0.317 e. The number of urea groups is 1. The number of thioether (sulfide) groups is 1. The van der Waals surface area contributed by atoms with E-state index in [-0.39, 0.29) is 22.5 Å². The molecule has 13 heteroatoms. The molecule has 0 spiro atoms. The first-order valence-electron chi connectivity index (χ1n) is 16.2. The standard InChI is InChI=1S/C11H22N2O.C11H21NOS.C9H13ClN6/c1-13(2)11(14)12-10-8-6-4-3-5-7-9-10;1-3-12(11(13)14-4-2)10-8-6-5-7-9-10;1-4-12-7-13-6(10)14-8(15-7)16-9(2,3)5-11/h10H,3-9H2,1-2H3,(H,12,14);10H,3-9H2,1-2H3;4H2,1-3H3,(H2,12,13,14,15,16). The largest absolute Gasteiger partial charge is 0.354 e. The SMILES string of the molecule is CCNc1nc(Cl)nc(NC(C)(C)C#N)n1.CCSC(=O)N(CC)C1CCCCC1.CN(C)C(=O)NC1CCCCCCC1. The lowest BCUT2D eigenvalue weighted by Crippen LogP contribution is -2.41. The molecule has 3 rings (SSSR count). The van der Waals surface area contributed by atoms with Gasteiger partial charge in [-0.1, -0.05) is 70.1 Å². The summed E-state index contributed by atoms with van der Waals surface area (Å²) in [6.45, 7) is 11.0. The second kappa shape index (κ2) is 22.1. The molecule has 1 aromatic heterocycles. The van der Waals surface area contributed by atoms with E-state index in [1.807, 2.05) is 13.8 Å². The van der Waals surface area contributed by atoms with Crippen LogP contribution in [0.25, 0.3) is 0 Å². The molecule has 44 heavy (non-hydrogen) atoms. The molecule has 1 aromatic rings. The molecule has 2 saturated carbocycles. The average Bonchev–Trinajstić information content (AvgIpc) is 2.96. The predicted molar refractivity (Wildman–Crippen MR) is 183 cm³/mol. The molecule has 3 amide bonds. The van der Waals surface area contributed by atoms with Gasteiger partial charge in [0.1, 0.15) is 5.54 Å². The Morgan fingerprint density at radius 1 is 0.932 bits per heavy atom. The van der Waals surface area contributed by atoms with Crippen molar-refractivity contribution in [2.75, 3.05) is 43.6 Å². The van der Waals surface area contributed by atoms with E-state index in [1.165, 1.54) is 76.0 Å². The third-order valence-corrected chi connectivity index (χ3v) is 8.28. The Morgan fingerprint density at radius 3 is 2.00 bits per heavy atom. The molecular formula is C31H56ClN9O2S. The summed E-state index contributed by atoms with van der Waals surface area (Å²) >= 11 is 7.18. The fraction of sp³-hybridized carbons (Fsp3) is 0.806. The normalized spacial score (nSPS) is 15.9. The highest BCUT2D eigenvalue weighted by Crippen LogP contribution is 2.25. The molecule has 0 aromatic carbocycles. The molecule has 250 valence electrons. The molecule has 2 aliphatic carbocycles. The van der Waals surface area contributed by atoms with Gasteiger partial charge in [-0.25, -0.2) is 4.79 Å². The quantitative estimate of drug-likeness (QED) is 0.259. The second-order valence-corrected chi connectivity index (χ2v) is 13.4. The van der Waals surface area contributed by atoms with Crippen molar-refractivity contribution in [2.24, 2.45) is 0 Å². The molecule has 2 aliphatic rings. The van der Waals surface area contributed by atoms with Crippen molar-refractivity contribution in [2.45, 2.75) is 129 Å². The van der Waals surface area contributed by atoms with Crippen molar-refractivity contribution in [3.63, 3.8) is 0 Å². The number of carbonyl (C=O) groups is 2. The van der Waals surface area contributed by atoms with E-state index in [0.29, 0.717) is 24.6 Å². The number of carbonyl (C=O) groups excluding carboxylic acids is 2. The minimum absolute atomic E-state index is 0.0515. The summed E-state index contributed by atoms with van der Waals surface area (Å²) in [5.74, 6) is 1.56.